The summed E-state index contributed by atoms with van der Waals surface area (Å²) in [6, 6.07) is 9.35. The van der Waals surface area contributed by atoms with Gasteiger partial charge in [0, 0.05) is 25.7 Å². The van der Waals surface area contributed by atoms with Gasteiger partial charge in [0.05, 0.1) is 6.04 Å². The van der Waals surface area contributed by atoms with Gasteiger partial charge in [-0.3, -0.25) is 9.59 Å². The Labute approximate surface area is 161 Å². The van der Waals surface area contributed by atoms with E-state index in [1.165, 1.54) is 0 Å². The fourth-order valence-electron chi connectivity index (χ4n) is 3.67. The average Bonchev–Trinajstić information content (AvgIpc) is 2.90. The smallest absolute Gasteiger partial charge is 0.254 e. The molecule has 0 aliphatic carbocycles. The second-order valence-electron chi connectivity index (χ2n) is 6.91. The summed E-state index contributed by atoms with van der Waals surface area (Å²) in [6.45, 7) is 7.05. The number of nitrogens with one attached hydrogen (secondary N) is 1. The molecule has 26 heavy (non-hydrogen) atoms. The number of hydrogen-bond acceptors (Lipinski definition) is 4. The van der Waals surface area contributed by atoms with Crippen LogP contribution in [-0.2, 0) is 14.3 Å². The van der Waals surface area contributed by atoms with E-state index in [2.05, 4.69) is 5.32 Å². The van der Waals surface area contributed by atoms with Gasteiger partial charge in [0.25, 0.3) is 5.91 Å². The summed E-state index contributed by atoms with van der Waals surface area (Å²) in [5.41, 5.74) is 0.940. The lowest BCUT2D eigenvalue weighted by atomic mass is 9.95. The number of ether oxygens (including phenoxy) is 1. The molecule has 2 fully saturated rings. The molecule has 1 aromatic carbocycles. The summed E-state index contributed by atoms with van der Waals surface area (Å²) in [5.74, 6) is -0.0823. The van der Waals surface area contributed by atoms with Crippen LogP contribution in [0.2, 0.25) is 0 Å². The molecule has 6 nitrogen and oxygen atoms in total. The lowest BCUT2D eigenvalue weighted by molar-refractivity contribution is -0.171. The number of benzene rings is 1. The molecule has 2 saturated heterocycles. The third-order valence-electron chi connectivity index (χ3n) is 4.85. The van der Waals surface area contributed by atoms with Crippen LogP contribution in [0.1, 0.15) is 31.9 Å². The SMILES string of the molecule is CC(C)N1C(=O)CO[C@H](C(=O)N2CCCNCC2)[C@H]1c1ccccc1.Cl. The topological polar surface area (TPSA) is 61.9 Å². The maximum Gasteiger partial charge on any atom is 0.254 e. The Bertz CT molecular complexity index is 603. The van der Waals surface area contributed by atoms with Gasteiger partial charge in [-0.25, -0.2) is 0 Å². The van der Waals surface area contributed by atoms with E-state index in [1.54, 1.807) is 4.90 Å². The van der Waals surface area contributed by atoms with Gasteiger partial charge >= 0.3 is 0 Å². The summed E-state index contributed by atoms with van der Waals surface area (Å²) < 4.78 is 5.79. The average molecular weight is 382 g/mol. The normalized spacial score (nSPS) is 24.2. The van der Waals surface area contributed by atoms with Crippen LogP contribution in [0.5, 0.6) is 0 Å². The first kappa shape index (κ1) is 20.7. The van der Waals surface area contributed by atoms with Crippen molar-refractivity contribution in [3.8, 4) is 0 Å². The van der Waals surface area contributed by atoms with E-state index in [0.29, 0.717) is 6.54 Å². The number of amides is 2. The van der Waals surface area contributed by atoms with Crippen LogP contribution in [0.3, 0.4) is 0 Å². The highest BCUT2D eigenvalue weighted by Gasteiger charge is 2.44. The molecule has 2 amide bonds. The third kappa shape index (κ3) is 4.37. The van der Waals surface area contributed by atoms with Gasteiger partial charge in [-0.15, -0.1) is 12.4 Å². The molecule has 7 heteroatoms. The number of halogens is 1. The van der Waals surface area contributed by atoms with Crippen LogP contribution < -0.4 is 5.32 Å². The quantitative estimate of drug-likeness (QED) is 0.864. The second-order valence-corrected chi connectivity index (χ2v) is 6.91. The van der Waals surface area contributed by atoms with Crippen LogP contribution in [0.15, 0.2) is 30.3 Å². The molecule has 2 atom stereocenters. The minimum absolute atomic E-state index is 0. The van der Waals surface area contributed by atoms with E-state index < -0.39 is 6.10 Å². The Morgan fingerprint density at radius 3 is 2.62 bits per heavy atom. The van der Waals surface area contributed by atoms with Crippen molar-refractivity contribution in [2.45, 2.75) is 38.5 Å². The molecule has 0 bridgehead atoms. The number of morpholine rings is 1. The van der Waals surface area contributed by atoms with Crippen molar-refractivity contribution in [2.24, 2.45) is 0 Å². The number of carbonyl (C=O) groups excluding carboxylic acids is 2. The van der Waals surface area contributed by atoms with Crippen molar-refractivity contribution < 1.29 is 14.3 Å². The van der Waals surface area contributed by atoms with Crippen LogP contribution in [-0.4, -0.2) is 66.5 Å². The van der Waals surface area contributed by atoms with Crippen LogP contribution in [0, 0.1) is 0 Å². The monoisotopic (exact) mass is 381 g/mol. The van der Waals surface area contributed by atoms with E-state index in [1.807, 2.05) is 49.1 Å². The molecule has 0 saturated carbocycles. The minimum Gasteiger partial charge on any atom is -0.356 e. The number of rotatable bonds is 3. The van der Waals surface area contributed by atoms with E-state index in [4.69, 9.17) is 4.74 Å². The summed E-state index contributed by atoms with van der Waals surface area (Å²) in [7, 11) is 0. The molecule has 0 aromatic heterocycles. The third-order valence-corrected chi connectivity index (χ3v) is 4.85. The molecule has 1 aromatic rings. The van der Waals surface area contributed by atoms with Gasteiger partial charge in [-0.1, -0.05) is 30.3 Å². The van der Waals surface area contributed by atoms with E-state index in [-0.39, 0.29) is 42.9 Å². The van der Waals surface area contributed by atoms with Gasteiger partial charge < -0.3 is 19.9 Å². The lowest BCUT2D eigenvalue weighted by Crippen LogP contribution is -2.57. The summed E-state index contributed by atoms with van der Waals surface area (Å²) in [6.07, 6.45) is 0.280. The first-order valence-electron chi connectivity index (χ1n) is 9.07. The molecule has 2 aliphatic heterocycles. The molecular weight excluding hydrogens is 354 g/mol. The predicted molar refractivity (Wildman–Crippen MR) is 102 cm³/mol. The fourth-order valence-corrected chi connectivity index (χ4v) is 3.67. The molecule has 0 spiro atoms. The van der Waals surface area contributed by atoms with Gasteiger partial charge in [0.1, 0.15) is 6.61 Å². The fraction of sp³-hybridized carbons (Fsp3) is 0.579. The predicted octanol–water partition coefficient (Wildman–Crippen LogP) is 1.61. The Balaban J connectivity index is 0.00000243. The van der Waals surface area contributed by atoms with Crippen molar-refractivity contribution >= 4 is 24.2 Å². The van der Waals surface area contributed by atoms with Gasteiger partial charge in [0.15, 0.2) is 6.10 Å². The zero-order chi connectivity index (χ0) is 17.8. The van der Waals surface area contributed by atoms with Crippen LogP contribution >= 0.6 is 12.4 Å². The van der Waals surface area contributed by atoms with Crippen molar-refractivity contribution in [2.75, 3.05) is 32.8 Å². The lowest BCUT2D eigenvalue weighted by Gasteiger charge is -2.44. The van der Waals surface area contributed by atoms with Crippen molar-refractivity contribution in [3.63, 3.8) is 0 Å². The standard InChI is InChI=1S/C19H27N3O3.ClH/c1-14(2)22-16(23)13-25-18(17(22)15-7-4-3-5-8-15)19(24)21-11-6-9-20-10-12-21;/h3-5,7-8,14,17-18,20H,6,9-13H2,1-2H3;1H/t17-,18+;/m1./s1. The molecule has 0 unspecified atom stereocenters. The van der Waals surface area contributed by atoms with Crippen molar-refractivity contribution in [1.29, 1.82) is 0 Å². The minimum atomic E-state index is -0.652. The molecule has 144 valence electrons. The Morgan fingerprint density at radius 2 is 1.92 bits per heavy atom. The van der Waals surface area contributed by atoms with Crippen molar-refractivity contribution in [3.05, 3.63) is 35.9 Å². The largest absolute Gasteiger partial charge is 0.356 e. The first-order chi connectivity index (χ1) is 12.1. The summed E-state index contributed by atoms with van der Waals surface area (Å²) >= 11 is 0. The highest BCUT2D eigenvalue weighted by molar-refractivity contribution is 5.86. The molecule has 1 N–H and O–H groups in total. The first-order valence-corrected chi connectivity index (χ1v) is 9.07. The zero-order valence-electron chi connectivity index (χ0n) is 15.4. The van der Waals surface area contributed by atoms with E-state index in [0.717, 1.165) is 31.6 Å². The number of hydrogen-bond donors (Lipinski definition) is 1. The molecule has 3 rings (SSSR count). The molecule has 0 radical (unpaired) electrons. The maximum absolute atomic E-state index is 13.2. The van der Waals surface area contributed by atoms with E-state index in [9.17, 15) is 9.59 Å². The van der Waals surface area contributed by atoms with Crippen LogP contribution in [0.25, 0.3) is 0 Å². The number of carbonyl (C=O) groups is 2. The van der Waals surface area contributed by atoms with E-state index >= 15 is 0 Å². The molecule has 2 heterocycles. The Kier molecular flexibility index (Phi) is 7.43. The van der Waals surface area contributed by atoms with Crippen molar-refractivity contribution in [1.82, 2.24) is 15.1 Å². The summed E-state index contributed by atoms with van der Waals surface area (Å²) in [4.78, 5) is 29.4. The maximum atomic E-state index is 13.2. The second kappa shape index (κ2) is 9.35. The number of nitrogens with zero attached hydrogens (tertiary/aromatic N) is 2. The highest BCUT2D eigenvalue weighted by atomic mass is 35.5. The highest BCUT2D eigenvalue weighted by Crippen LogP contribution is 2.33. The van der Waals surface area contributed by atoms with Gasteiger partial charge in [0.2, 0.25) is 5.91 Å². The van der Waals surface area contributed by atoms with Gasteiger partial charge in [-0.05, 0) is 32.4 Å². The summed E-state index contributed by atoms with van der Waals surface area (Å²) in [5, 5.41) is 3.31. The molecule has 2 aliphatic rings. The van der Waals surface area contributed by atoms with Gasteiger partial charge in [-0.2, -0.15) is 0 Å². The van der Waals surface area contributed by atoms with Crippen LogP contribution in [0.4, 0.5) is 0 Å². The Hall–Kier alpha value is -1.63. The molecular formula is C19H28ClN3O3. The Morgan fingerprint density at radius 1 is 1.19 bits per heavy atom. The zero-order valence-corrected chi connectivity index (χ0v) is 16.2.